The maximum absolute atomic E-state index is 17.0. The summed E-state index contributed by atoms with van der Waals surface area (Å²) in [6, 6.07) is 3.34. The van der Waals surface area contributed by atoms with Crippen LogP contribution in [0.25, 0.3) is 32.9 Å². The Balaban J connectivity index is 1.59. The lowest BCUT2D eigenvalue weighted by Crippen LogP contribution is -2.59. The van der Waals surface area contributed by atoms with E-state index in [0.29, 0.717) is 24.8 Å². The van der Waals surface area contributed by atoms with Crippen LogP contribution >= 0.6 is 0 Å². The van der Waals surface area contributed by atoms with Gasteiger partial charge < -0.3 is 29.3 Å². The third-order valence-corrected chi connectivity index (χ3v) is 8.54. The van der Waals surface area contributed by atoms with Gasteiger partial charge in [0.15, 0.2) is 5.82 Å². The molecular weight excluding hydrogens is 651 g/mol. The molecule has 0 saturated carbocycles. The van der Waals surface area contributed by atoms with Crippen LogP contribution in [0, 0.1) is 24.0 Å². The van der Waals surface area contributed by atoms with Crippen molar-refractivity contribution in [2.75, 3.05) is 45.2 Å². The first-order valence-corrected chi connectivity index (χ1v) is 15.6. The number of pyridine rings is 1. The van der Waals surface area contributed by atoms with E-state index in [0.717, 1.165) is 11.0 Å². The maximum atomic E-state index is 17.0. The Hall–Kier alpha value is -4.97. The van der Waals surface area contributed by atoms with Gasteiger partial charge in [0, 0.05) is 30.6 Å². The van der Waals surface area contributed by atoms with Gasteiger partial charge in [-0.3, -0.25) is 4.79 Å². The minimum absolute atomic E-state index is 0.0250. The third-order valence-electron chi connectivity index (χ3n) is 8.54. The zero-order chi connectivity index (χ0) is 35.4. The molecule has 0 radical (unpaired) electrons. The van der Waals surface area contributed by atoms with Crippen LogP contribution in [-0.4, -0.2) is 100 Å². The van der Waals surface area contributed by atoms with Crippen LogP contribution in [0.2, 0.25) is 0 Å². The number of benzene rings is 2. The Morgan fingerprint density at radius 2 is 1.80 bits per heavy atom. The Morgan fingerprint density at radius 1 is 1.10 bits per heavy atom. The number of alkyl halides is 3. The number of anilines is 1. The van der Waals surface area contributed by atoms with Gasteiger partial charge in [0.05, 0.1) is 23.8 Å². The second kappa shape index (κ2) is 12.8. The van der Waals surface area contributed by atoms with E-state index in [9.17, 15) is 27.5 Å². The molecule has 1 N–H and O–H groups in total. The average Bonchev–Trinajstić information content (AvgIpc) is 3.28. The normalized spacial score (nSPS) is 17.8. The molecule has 2 saturated heterocycles. The monoisotopic (exact) mass is 684 g/mol. The number of fused-ring (bicyclic) bond motifs is 4. The van der Waals surface area contributed by atoms with E-state index in [1.807, 2.05) is 19.0 Å². The van der Waals surface area contributed by atoms with Gasteiger partial charge >= 0.3 is 18.1 Å². The predicted molar refractivity (Wildman–Crippen MR) is 172 cm³/mol. The van der Waals surface area contributed by atoms with Gasteiger partial charge in [-0.15, -0.1) is 6.42 Å². The number of nitrogens with zero attached hydrogens (tertiary/aromatic N) is 6. The lowest BCUT2D eigenvalue weighted by Gasteiger charge is -2.42. The van der Waals surface area contributed by atoms with E-state index < -0.39 is 41.9 Å². The van der Waals surface area contributed by atoms with Gasteiger partial charge in [0.1, 0.15) is 40.6 Å². The molecule has 2 aliphatic heterocycles. The molecule has 49 heavy (non-hydrogen) atoms. The molecule has 0 spiro atoms. The largest absolute Gasteiger partial charge is 0.508 e. The number of phenols is 1. The minimum atomic E-state index is -5.03. The molecule has 0 aliphatic carbocycles. The molecular formula is C34H33F5N6O4. The maximum Gasteiger partial charge on any atom is 0.471 e. The van der Waals surface area contributed by atoms with Crippen molar-refractivity contribution in [3.8, 4) is 41.2 Å². The van der Waals surface area contributed by atoms with E-state index in [2.05, 4.69) is 20.9 Å². The van der Waals surface area contributed by atoms with E-state index in [4.69, 9.17) is 15.9 Å². The average molecular weight is 685 g/mol. The highest BCUT2D eigenvalue weighted by molar-refractivity contribution is 6.04. The topological polar surface area (TPSA) is 104 Å². The summed E-state index contributed by atoms with van der Waals surface area (Å²) in [5.41, 5.74) is -0.835. The molecule has 15 heteroatoms. The molecule has 4 aromatic rings. The number of piperazine rings is 1. The Labute approximate surface area is 278 Å². The molecule has 10 nitrogen and oxygen atoms in total. The van der Waals surface area contributed by atoms with Gasteiger partial charge in [-0.1, -0.05) is 12.0 Å². The molecule has 2 fully saturated rings. The van der Waals surface area contributed by atoms with Gasteiger partial charge in [0.25, 0.3) is 0 Å². The predicted octanol–water partition coefficient (Wildman–Crippen LogP) is 5.28. The van der Waals surface area contributed by atoms with Crippen molar-refractivity contribution in [1.82, 2.24) is 24.8 Å². The molecule has 2 aliphatic rings. The number of carbonyl (C=O) groups excluding carboxylic acids is 1. The first-order chi connectivity index (χ1) is 23.2. The molecule has 2 aromatic carbocycles. The summed E-state index contributed by atoms with van der Waals surface area (Å²) in [4.78, 5) is 30.3. The van der Waals surface area contributed by atoms with Crippen molar-refractivity contribution < 1.29 is 41.3 Å². The number of aromatic nitrogens is 3. The van der Waals surface area contributed by atoms with Crippen LogP contribution in [0.1, 0.15) is 32.3 Å². The van der Waals surface area contributed by atoms with Crippen LogP contribution in [-0.2, 0) is 4.79 Å². The highest BCUT2D eigenvalue weighted by atomic mass is 19.4. The van der Waals surface area contributed by atoms with Gasteiger partial charge in [-0.25, -0.2) is 13.8 Å². The van der Waals surface area contributed by atoms with E-state index in [1.165, 1.54) is 18.2 Å². The molecule has 2 atom stereocenters. The van der Waals surface area contributed by atoms with Crippen LogP contribution < -0.4 is 14.4 Å². The molecule has 4 heterocycles. The van der Waals surface area contributed by atoms with Crippen molar-refractivity contribution in [2.24, 2.45) is 0 Å². The second-order valence-corrected chi connectivity index (χ2v) is 12.6. The lowest BCUT2D eigenvalue weighted by molar-refractivity contribution is -0.188. The van der Waals surface area contributed by atoms with Crippen LogP contribution in [0.5, 0.6) is 17.6 Å². The zero-order valence-corrected chi connectivity index (χ0v) is 27.1. The number of amides is 1. The summed E-state index contributed by atoms with van der Waals surface area (Å²) in [7, 11) is 3.65. The van der Waals surface area contributed by atoms with Gasteiger partial charge in [-0.2, -0.15) is 23.1 Å². The summed E-state index contributed by atoms with van der Waals surface area (Å²) < 4.78 is 84.4. The molecule has 1 amide bonds. The number of carbonyl (C=O) groups is 1. The van der Waals surface area contributed by atoms with Crippen LogP contribution in [0.3, 0.4) is 0 Å². The minimum Gasteiger partial charge on any atom is -0.508 e. The lowest BCUT2D eigenvalue weighted by atomic mass is 9.95. The first-order valence-electron chi connectivity index (χ1n) is 15.6. The van der Waals surface area contributed by atoms with Crippen molar-refractivity contribution in [3.05, 3.63) is 41.5 Å². The van der Waals surface area contributed by atoms with Crippen LogP contribution in [0.15, 0.2) is 24.3 Å². The fourth-order valence-corrected chi connectivity index (χ4v) is 6.51. The summed E-state index contributed by atoms with van der Waals surface area (Å²) in [6.45, 7) is 3.94. The molecule has 2 bridgehead atoms. The number of hydrogen-bond donors (Lipinski definition) is 1. The molecule has 258 valence electrons. The summed E-state index contributed by atoms with van der Waals surface area (Å²) >= 11 is 0. The quantitative estimate of drug-likeness (QED) is 0.196. The zero-order valence-electron chi connectivity index (χ0n) is 27.1. The number of likely N-dealkylation sites (N-methyl/N-ethyl adjacent to an activating group) is 1. The SMILES string of the molecule is C#Cc1c(F)ccc2cc(O)cc(-c3nc(OC(C)C)c4c(N5CC6CCC(C5)N6C(=O)C(F)(F)F)nc(OCCN(C)C)nc4c3F)c12. The fraction of sp³-hybridized carbons (Fsp3) is 0.412. The Bertz CT molecular complexity index is 1980. The van der Waals surface area contributed by atoms with E-state index in [-0.39, 0.29) is 76.3 Å². The highest BCUT2D eigenvalue weighted by Crippen LogP contribution is 2.44. The van der Waals surface area contributed by atoms with Crippen molar-refractivity contribution >= 4 is 33.4 Å². The Morgan fingerprint density at radius 3 is 2.41 bits per heavy atom. The standard InChI is InChI=1S/C34H33F5N6O4/c1-6-22-24(35)10-7-18-13-21(46)14-23(25(18)22)28-27(36)29-26(31(40-28)49-17(2)3)30(42-33(41-29)48-12-11-43(4)5)44-15-19-8-9-20(16-44)45(19)32(47)34(37,38)39/h1,7,10,13-14,17,19-20,46H,8-9,11-12,15-16H2,2-5H3. The van der Waals surface area contributed by atoms with Crippen molar-refractivity contribution in [2.45, 2.75) is 51.1 Å². The number of ether oxygens (including phenoxy) is 2. The molecule has 2 aromatic heterocycles. The first kappa shape index (κ1) is 33.9. The summed E-state index contributed by atoms with van der Waals surface area (Å²) in [5.74, 6) is -1.59. The number of rotatable bonds is 8. The molecule has 6 rings (SSSR count). The number of phenolic OH excluding ortho intramolecular Hbond substituents is 1. The Kier molecular flexibility index (Phi) is 8.87. The summed E-state index contributed by atoms with van der Waals surface area (Å²) in [6.07, 6.45) is 0.810. The van der Waals surface area contributed by atoms with Crippen LogP contribution in [0.4, 0.5) is 27.8 Å². The number of aromatic hydroxyl groups is 1. The van der Waals surface area contributed by atoms with Gasteiger partial charge in [-0.05, 0) is 64.4 Å². The van der Waals surface area contributed by atoms with E-state index in [1.54, 1.807) is 18.7 Å². The summed E-state index contributed by atoms with van der Waals surface area (Å²) in [5, 5.41) is 11.1. The second-order valence-electron chi connectivity index (χ2n) is 12.6. The smallest absolute Gasteiger partial charge is 0.471 e. The van der Waals surface area contributed by atoms with E-state index >= 15 is 4.39 Å². The number of hydrogen-bond acceptors (Lipinski definition) is 9. The number of halogens is 5. The number of terminal acetylenes is 1. The fourth-order valence-electron chi connectivity index (χ4n) is 6.51. The highest BCUT2D eigenvalue weighted by Gasteiger charge is 2.52. The van der Waals surface area contributed by atoms with Gasteiger partial charge in [0.2, 0.25) is 5.88 Å². The molecule has 2 unspecified atom stereocenters. The third kappa shape index (κ3) is 6.32. The van der Waals surface area contributed by atoms with Crippen molar-refractivity contribution in [1.29, 1.82) is 0 Å². The van der Waals surface area contributed by atoms with Crippen molar-refractivity contribution in [3.63, 3.8) is 0 Å².